The molecule has 0 radical (unpaired) electrons. The molecule has 0 aliphatic carbocycles. The lowest BCUT2D eigenvalue weighted by molar-refractivity contribution is -0.384. The molecule has 0 atom stereocenters. The lowest BCUT2D eigenvalue weighted by Gasteiger charge is -2.30. The van der Waals surface area contributed by atoms with Crippen LogP contribution in [0.1, 0.15) is 11.1 Å². The van der Waals surface area contributed by atoms with Crippen molar-refractivity contribution in [2.75, 3.05) is 18.6 Å². The molecule has 0 saturated heterocycles. The van der Waals surface area contributed by atoms with Gasteiger partial charge in [-0.15, -0.1) is 0 Å². The predicted molar refractivity (Wildman–Crippen MR) is 80.8 cm³/mol. The molecule has 2 aromatic rings. The van der Waals surface area contributed by atoms with Crippen LogP contribution in [0.3, 0.4) is 0 Å². The average molecular weight is 302 g/mol. The van der Waals surface area contributed by atoms with Crippen LogP contribution >= 0.6 is 0 Å². The molecule has 0 spiro atoms. The van der Waals surface area contributed by atoms with Gasteiger partial charge in [0.15, 0.2) is 0 Å². The lowest BCUT2D eigenvalue weighted by Crippen LogP contribution is -2.30. The summed E-state index contributed by atoms with van der Waals surface area (Å²) in [6.07, 6.45) is 0.765. The lowest BCUT2D eigenvalue weighted by atomic mass is 9.98. The summed E-state index contributed by atoms with van der Waals surface area (Å²) in [6.45, 7) is 1.21. The van der Waals surface area contributed by atoms with Gasteiger partial charge in [-0.25, -0.2) is 4.39 Å². The number of nitro groups is 1. The summed E-state index contributed by atoms with van der Waals surface area (Å²) in [7, 11) is 1.62. The van der Waals surface area contributed by atoms with Crippen LogP contribution in [0.5, 0.6) is 5.75 Å². The third-order valence-electron chi connectivity index (χ3n) is 3.90. The van der Waals surface area contributed by atoms with Crippen molar-refractivity contribution < 1.29 is 14.1 Å². The molecule has 1 heterocycles. The number of fused-ring (bicyclic) bond motifs is 1. The molecule has 1 aliphatic rings. The van der Waals surface area contributed by atoms with Crippen LogP contribution in [0.4, 0.5) is 15.8 Å². The van der Waals surface area contributed by atoms with E-state index in [1.54, 1.807) is 7.11 Å². The molecular weight excluding hydrogens is 287 g/mol. The zero-order valence-electron chi connectivity index (χ0n) is 12.1. The maximum absolute atomic E-state index is 13.3. The second kappa shape index (κ2) is 5.63. The first kappa shape index (κ1) is 14.3. The summed E-state index contributed by atoms with van der Waals surface area (Å²) >= 11 is 0. The zero-order chi connectivity index (χ0) is 15.7. The molecular formula is C16H15FN2O3. The van der Waals surface area contributed by atoms with Gasteiger partial charge >= 0.3 is 0 Å². The predicted octanol–water partition coefficient (Wildman–Crippen LogP) is 3.31. The van der Waals surface area contributed by atoms with Crippen LogP contribution in [0, 0.1) is 15.9 Å². The molecule has 5 nitrogen and oxygen atoms in total. The Hall–Kier alpha value is -2.63. The van der Waals surface area contributed by atoms with E-state index >= 15 is 0 Å². The summed E-state index contributed by atoms with van der Waals surface area (Å²) in [5, 5.41) is 11.1. The highest BCUT2D eigenvalue weighted by Crippen LogP contribution is 2.33. The van der Waals surface area contributed by atoms with Crippen molar-refractivity contribution >= 4 is 11.4 Å². The second-order valence-electron chi connectivity index (χ2n) is 5.20. The summed E-state index contributed by atoms with van der Waals surface area (Å²) in [6, 6.07) is 9.54. The minimum absolute atomic E-state index is 0.197. The summed E-state index contributed by atoms with van der Waals surface area (Å²) in [5.41, 5.74) is 2.54. The zero-order valence-corrected chi connectivity index (χ0v) is 12.1. The molecule has 0 aromatic heterocycles. The van der Waals surface area contributed by atoms with Crippen LogP contribution in [-0.4, -0.2) is 18.6 Å². The molecule has 2 aromatic carbocycles. The Balaban J connectivity index is 1.93. The van der Waals surface area contributed by atoms with Gasteiger partial charge in [-0.1, -0.05) is 6.07 Å². The first-order valence-electron chi connectivity index (χ1n) is 6.93. The van der Waals surface area contributed by atoms with Gasteiger partial charge in [0.05, 0.1) is 18.1 Å². The van der Waals surface area contributed by atoms with Gasteiger partial charge in [0, 0.05) is 13.1 Å². The summed E-state index contributed by atoms with van der Waals surface area (Å²) in [5.74, 6) is 0.206. The number of hydrogen-bond acceptors (Lipinski definition) is 4. The number of nitrogens with zero attached hydrogens (tertiary/aromatic N) is 2. The number of hydrogen-bond donors (Lipinski definition) is 0. The van der Waals surface area contributed by atoms with Gasteiger partial charge < -0.3 is 9.64 Å². The molecule has 22 heavy (non-hydrogen) atoms. The molecule has 0 saturated carbocycles. The maximum Gasteiger partial charge on any atom is 0.295 e. The van der Waals surface area contributed by atoms with Gasteiger partial charge in [-0.05, 0) is 41.8 Å². The van der Waals surface area contributed by atoms with Crippen LogP contribution in [-0.2, 0) is 13.0 Å². The van der Waals surface area contributed by atoms with E-state index in [1.807, 2.05) is 23.1 Å². The van der Waals surface area contributed by atoms with Crippen molar-refractivity contribution in [2.45, 2.75) is 13.0 Å². The Morgan fingerprint density at radius 1 is 1.23 bits per heavy atom. The highest BCUT2D eigenvalue weighted by Gasteiger charge is 2.24. The number of ether oxygens (including phenoxy) is 1. The first-order valence-corrected chi connectivity index (χ1v) is 6.93. The minimum Gasteiger partial charge on any atom is -0.497 e. The molecule has 1 aliphatic heterocycles. The Kier molecular flexibility index (Phi) is 3.66. The van der Waals surface area contributed by atoms with E-state index in [-0.39, 0.29) is 5.69 Å². The van der Waals surface area contributed by atoms with Crippen molar-refractivity contribution in [3.63, 3.8) is 0 Å². The molecule has 3 rings (SSSR count). The number of benzene rings is 2. The molecule has 0 N–H and O–H groups in total. The molecule has 0 amide bonds. The van der Waals surface area contributed by atoms with Crippen molar-refractivity contribution in [2.24, 2.45) is 0 Å². The van der Waals surface area contributed by atoms with E-state index in [2.05, 4.69) is 0 Å². The fourth-order valence-corrected chi connectivity index (χ4v) is 2.77. The van der Waals surface area contributed by atoms with Crippen molar-refractivity contribution in [1.29, 1.82) is 0 Å². The summed E-state index contributed by atoms with van der Waals surface area (Å²) in [4.78, 5) is 12.5. The van der Waals surface area contributed by atoms with Gasteiger partial charge in [-0.3, -0.25) is 10.1 Å². The van der Waals surface area contributed by atoms with Gasteiger partial charge in [0.2, 0.25) is 0 Å². The normalized spacial score (nSPS) is 13.6. The number of nitro benzene ring substituents is 1. The summed E-state index contributed by atoms with van der Waals surface area (Å²) < 4.78 is 18.5. The average Bonchev–Trinajstić information content (AvgIpc) is 2.53. The number of rotatable bonds is 3. The smallest absolute Gasteiger partial charge is 0.295 e. The minimum atomic E-state index is -0.599. The van der Waals surface area contributed by atoms with Crippen molar-refractivity contribution in [1.82, 2.24) is 0 Å². The molecule has 0 unspecified atom stereocenters. The van der Waals surface area contributed by atoms with E-state index in [4.69, 9.17) is 4.74 Å². The van der Waals surface area contributed by atoms with Crippen molar-refractivity contribution in [3.8, 4) is 5.75 Å². The molecule has 0 fully saturated rings. The van der Waals surface area contributed by atoms with Crippen LogP contribution in [0.2, 0.25) is 0 Å². The Morgan fingerprint density at radius 3 is 2.77 bits per heavy atom. The number of methoxy groups -OCH3 is 1. The number of anilines is 1. The SMILES string of the molecule is COc1ccc2c(c1)CCN(c1ccc(F)cc1[N+](=O)[O-])C2. The quantitative estimate of drug-likeness (QED) is 0.645. The third-order valence-corrected chi connectivity index (χ3v) is 3.90. The van der Waals surface area contributed by atoms with Gasteiger partial charge in [0.1, 0.15) is 17.3 Å². The maximum atomic E-state index is 13.3. The highest BCUT2D eigenvalue weighted by atomic mass is 19.1. The first-order chi connectivity index (χ1) is 10.6. The number of halogens is 1. The van der Waals surface area contributed by atoms with Crippen LogP contribution in [0.15, 0.2) is 36.4 Å². The van der Waals surface area contributed by atoms with E-state index in [0.29, 0.717) is 18.8 Å². The van der Waals surface area contributed by atoms with Gasteiger partial charge in [0.25, 0.3) is 5.69 Å². The standard InChI is InChI=1S/C16H15FN2O3/c1-22-14-4-2-12-10-18(7-6-11(12)8-14)15-5-3-13(17)9-16(15)19(20)21/h2-5,8-9H,6-7,10H2,1H3. The fraction of sp³-hybridized carbons (Fsp3) is 0.250. The molecule has 0 bridgehead atoms. The van der Waals surface area contributed by atoms with Crippen LogP contribution in [0.25, 0.3) is 0 Å². The van der Waals surface area contributed by atoms with E-state index < -0.39 is 10.7 Å². The Morgan fingerprint density at radius 2 is 2.05 bits per heavy atom. The Bertz CT molecular complexity index is 733. The van der Waals surface area contributed by atoms with E-state index in [0.717, 1.165) is 23.8 Å². The van der Waals surface area contributed by atoms with Gasteiger partial charge in [-0.2, -0.15) is 0 Å². The van der Waals surface area contributed by atoms with Crippen molar-refractivity contribution in [3.05, 3.63) is 63.5 Å². The topological polar surface area (TPSA) is 55.6 Å². The van der Waals surface area contributed by atoms with Crippen LogP contribution < -0.4 is 9.64 Å². The fourth-order valence-electron chi connectivity index (χ4n) is 2.77. The monoisotopic (exact) mass is 302 g/mol. The molecule has 6 heteroatoms. The largest absolute Gasteiger partial charge is 0.497 e. The molecule has 114 valence electrons. The Labute approximate surface area is 127 Å². The third kappa shape index (κ3) is 2.59. The highest BCUT2D eigenvalue weighted by molar-refractivity contribution is 5.64. The second-order valence-corrected chi connectivity index (χ2v) is 5.20. The van der Waals surface area contributed by atoms with E-state index in [9.17, 15) is 14.5 Å². The van der Waals surface area contributed by atoms with E-state index in [1.165, 1.54) is 17.7 Å².